The molecule has 0 radical (unpaired) electrons. The number of rotatable bonds is 2. The van der Waals surface area contributed by atoms with Crippen LogP contribution in [0.4, 0.5) is 0 Å². The van der Waals surface area contributed by atoms with Crippen LogP contribution in [-0.2, 0) is 0 Å². The van der Waals surface area contributed by atoms with Crippen molar-refractivity contribution in [1.29, 1.82) is 0 Å². The molecule has 2 heterocycles. The van der Waals surface area contributed by atoms with Crippen LogP contribution in [0.25, 0.3) is 0 Å². The minimum absolute atomic E-state index is 0.0941. The summed E-state index contributed by atoms with van der Waals surface area (Å²) in [5.41, 5.74) is 1.13. The molecule has 0 saturated heterocycles. The lowest BCUT2D eigenvalue weighted by atomic mass is 10.1. The predicted octanol–water partition coefficient (Wildman–Crippen LogP) is 6.68. The van der Waals surface area contributed by atoms with Gasteiger partial charge in [0.2, 0.25) is 0 Å². The highest BCUT2D eigenvalue weighted by molar-refractivity contribution is 9.13. The fraction of sp³-hybridized carbons (Fsp3) is 0.286. The molecule has 1 atom stereocenters. The molecule has 1 aromatic heterocycles. The fourth-order valence-electron chi connectivity index (χ4n) is 2.04. The zero-order chi connectivity index (χ0) is 15.0. The van der Waals surface area contributed by atoms with E-state index in [4.69, 9.17) is 9.47 Å². The van der Waals surface area contributed by atoms with Gasteiger partial charge in [-0.25, -0.2) is 0 Å². The van der Waals surface area contributed by atoms with Gasteiger partial charge in [-0.2, -0.15) is 0 Å². The van der Waals surface area contributed by atoms with Crippen molar-refractivity contribution < 1.29 is 9.47 Å². The summed E-state index contributed by atoms with van der Waals surface area (Å²) in [6.07, 6.45) is 0.907. The molecule has 0 bridgehead atoms. The minimum atomic E-state index is 0.0941. The number of benzene rings is 1. The van der Waals surface area contributed by atoms with Crippen LogP contribution >= 0.6 is 75.1 Å². The summed E-state index contributed by atoms with van der Waals surface area (Å²) in [5, 5.41) is 0. The largest absolute Gasteiger partial charge is 0.490 e. The van der Waals surface area contributed by atoms with Crippen molar-refractivity contribution in [3.8, 4) is 11.5 Å². The van der Waals surface area contributed by atoms with Crippen LogP contribution in [0.5, 0.6) is 11.5 Å². The normalized spacial score (nSPS) is 15.6. The molecule has 1 aliphatic rings. The second kappa shape index (κ2) is 6.91. The molecule has 21 heavy (non-hydrogen) atoms. The van der Waals surface area contributed by atoms with Crippen LogP contribution in [0.15, 0.2) is 30.9 Å². The SMILES string of the molecule is Brc1cc2c(cc1C(Br)c1cc(Br)c(Br)s1)OCCCO2. The van der Waals surface area contributed by atoms with Crippen molar-refractivity contribution in [2.45, 2.75) is 11.2 Å². The van der Waals surface area contributed by atoms with Gasteiger partial charge in [-0.05, 0) is 55.6 Å². The van der Waals surface area contributed by atoms with Gasteiger partial charge in [-0.3, -0.25) is 0 Å². The van der Waals surface area contributed by atoms with Crippen molar-refractivity contribution >= 4 is 75.1 Å². The smallest absolute Gasteiger partial charge is 0.162 e. The molecule has 7 heteroatoms. The monoisotopic (exact) mass is 558 g/mol. The number of ether oxygens (including phenoxy) is 2. The lowest BCUT2D eigenvalue weighted by molar-refractivity contribution is 0.297. The number of alkyl halides is 1. The summed E-state index contributed by atoms with van der Waals surface area (Å²) >= 11 is 16.2. The van der Waals surface area contributed by atoms with Crippen LogP contribution in [0.3, 0.4) is 0 Å². The van der Waals surface area contributed by atoms with Crippen molar-refractivity contribution in [2.75, 3.05) is 13.2 Å². The Morgan fingerprint density at radius 3 is 2.24 bits per heavy atom. The first-order valence-electron chi connectivity index (χ1n) is 6.24. The first kappa shape index (κ1) is 16.3. The van der Waals surface area contributed by atoms with E-state index in [2.05, 4.69) is 69.8 Å². The Labute approximate surface area is 160 Å². The quantitative estimate of drug-likeness (QED) is 0.381. The van der Waals surface area contributed by atoms with Gasteiger partial charge in [0, 0.05) is 20.2 Å². The van der Waals surface area contributed by atoms with E-state index in [0.29, 0.717) is 13.2 Å². The van der Waals surface area contributed by atoms with Gasteiger partial charge in [0.05, 0.1) is 21.8 Å². The number of thiophene rings is 1. The molecule has 1 aromatic carbocycles. The lowest BCUT2D eigenvalue weighted by Crippen LogP contribution is -1.97. The Morgan fingerprint density at radius 2 is 1.62 bits per heavy atom. The minimum Gasteiger partial charge on any atom is -0.490 e. The fourth-order valence-corrected chi connectivity index (χ4v) is 5.77. The number of halogens is 4. The average molecular weight is 562 g/mol. The van der Waals surface area contributed by atoms with Crippen LogP contribution in [0.1, 0.15) is 21.7 Å². The van der Waals surface area contributed by atoms with Gasteiger partial charge in [0.15, 0.2) is 11.5 Å². The maximum Gasteiger partial charge on any atom is 0.162 e. The molecule has 0 fully saturated rings. The van der Waals surface area contributed by atoms with Crippen molar-refractivity contribution in [3.63, 3.8) is 0 Å². The van der Waals surface area contributed by atoms with Crippen molar-refractivity contribution in [2.24, 2.45) is 0 Å². The lowest BCUT2D eigenvalue weighted by Gasteiger charge is -2.15. The third-order valence-electron chi connectivity index (χ3n) is 3.05. The van der Waals surface area contributed by atoms with Crippen LogP contribution in [0, 0.1) is 0 Å². The summed E-state index contributed by atoms with van der Waals surface area (Å²) in [6, 6.07) is 6.15. The van der Waals surface area contributed by atoms with E-state index in [9.17, 15) is 0 Å². The maximum absolute atomic E-state index is 5.78. The molecule has 2 aromatic rings. The first-order valence-corrected chi connectivity index (χ1v) is 10.3. The molecule has 0 N–H and O–H groups in total. The molecular formula is C14H10Br4O2S. The molecule has 3 rings (SSSR count). The Balaban J connectivity index is 1.99. The maximum atomic E-state index is 5.78. The van der Waals surface area contributed by atoms with E-state index in [1.54, 1.807) is 11.3 Å². The van der Waals surface area contributed by atoms with Crippen molar-refractivity contribution in [1.82, 2.24) is 0 Å². The summed E-state index contributed by atoms with van der Waals surface area (Å²) in [4.78, 5) is 1.31. The zero-order valence-electron chi connectivity index (χ0n) is 10.7. The highest BCUT2D eigenvalue weighted by atomic mass is 79.9. The van der Waals surface area contributed by atoms with Gasteiger partial charge < -0.3 is 9.47 Å². The van der Waals surface area contributed by atoms with Crippen molar-refractivity contribution in [3.05, 3.63) is 41.4 Å². The highest BCUT2D eigenvalue weighted by Crippen LogP contribution is 2.46. The molecule has 0 saturated carbocycles. The molecule has 1 aliphatic heterocycles. The molecular weight excluding hydrogens is 552 g/mol. The second-order valence-electron chi connectivity index (χ2n) is 4.50. The molecule has 1 unspecified atom stereocenters. The summed E-state index contributed by atoms with van der Waals surface area (Å²) in [5.74, 6) is 1.61. The number of hydrogen-bond donors (Lipinski definition) is 0. The number of fused-ring (bicyclic) bond motifs is 1. The van der Waals surface area contributed by atoms with Gasteiger partial charge in [-0.1, -0.05) is 31.9 Å². The summed E-state index contributed by atoms with van der Waals surface area (Å²) in [6.45, 7) is 1.39. The van der Waals surface area contributed by atoms with Gasteiger partial charge in [0.25, 0.3) is 0 Å². The molecule has 112 valence electrons. The Bertz CT molecular complexity index is 652. The topological polar surface area (TPSA) is 18.5 Å². The van der Waals surface area contributed by atoms with E-state index in [-0.39, 0.29) is 4.83 Å². The van der Waals surface area contributed by atoms with Crippen LogP contribution < -0.4 is 9.47 Å². The van der Waals surface area contributed by atoms with Gasteiger partial charge in [0.1, 0.15) is 0 Å². The third kappa shape index (κ3) is 3.52. The van der Waals surface area contributed by atoms with Gasteiger partial charge >= 0.3 is 0 Å². The highest BCUT2D eigenvalue weighted by Gasteiger charge is 2.21. The molecule has 2 nitrogen and oxygen atoms in total. The zero-order valence-corrected chi connectivity index (χ0v) is 17.8. The second-order valence-corrected chi connectivity index (χ2v) is 9.53. The van der Waals surface area contributed by atoms with Crippen LogP contribution in [-0.4, -0.2) is 13.2 Å². The Morgan fingerprint density at radius 1 is 0.952 bits per heavy atom. The Hall–Kier alpha value is 0.440. The van der Waals surface area contributed by atoms with E-state index in [1.807, 2.05) is 12.1 Å². The third-order valence-corrected chi connectivity index (χ3v) is 8.35. The Kier molecular flexibility index (Phi) is 5.36. The van der Waals surface area contributed by atoms with E-state index in [0.717, 1.165) is 36.2 Å². The van der Waals surface area contributed by atoms with Crippen LogP contribution in [0.2, 0.25) is 0 Å². The predicted molar refractivity (Wildman–Crippen MR) is 100 cm³/mol. The molecule has 0 amide bonds. The molecule has 0 spiro atoms. The molecule has 0 aliphatic carbocycles. The van der Waals surface area contributed by atoms with E-state index >= 15 is 0 Å². The van der Waals surface area contributed by atoms with E-state index < -0.39 is 0 Å². The average Bonchev–Trinajstić information content (AvgIpc) is 2.66. The summed E-state index contributed by atoms with van der Waals surface area (Å²) in [7, 11) is 0. The van der Waals surface area contributed by atoms with E-state index in [1.165, 1.54) is 4.88 Å². The summed E-state index contributed by atoms with van der Waals surface area (Å²) < 4.78 is 14.7. The standard InChI is InChI=1S/C14H10Br4O2S/c15-8-5-11-10(19-2-1-3-20-11)4-7(8)13(17)12-6-9(16)14(18)21-12/h4-6,13H,1-3H2. The first-order chi connectivity index (χ1) is 10.1. The number of hydrogen-bond acceptors (Lipinski definition) is 3. The van der Waals surface area contributed by atoms with Gasteiger partial charge in [-0.15, -0.1) is 11.3 Å².